The van der Waals surface area contributed by atoms with E-state index in [-0.39, 0.29) is 12.3 Å². The number of rotatable bonds is 5. The molecule has 1 rings (SSSR count). The summed E-state index contributed by atoms with van der Waals surface area (Å²) in [6.45, 7) is 3.53. The van der Waals surface area contributed by atoms with Crippen molar-refractivity contribution in [1.82, 2.24) is 0 Å². The first kappa shape index (κ1) is 16.5. The molecule has 108 valence electrons. The average Bonchev–Trinajstić information content (AvgIpc) is 2.41. The topological polar surface area (TPSA) is 89.1 Å². The van der Waals surface area contributed by atoms with Crippen LogP contribution in [0.15, 0.2) is 32.9 Å². The number of hydrogen-bond donors (Lipinski definition) is 2. The van der Waals surface area contributed by atoms with Gasteiger partial charge in [-0.1, -0.05) is 11.6 Å². The van der Waals surface area contributed by atoms with Crippen LogP contribution in [0.2, 0.25) is 5.02 Å². The van der Waals surface area contributed by atoms with Gasteiger partial charge in [-0.2, -0.15) is 10.2 Å². The van der Waals surface area contributed by atoms with Crippen molar-refractivity contribution in [3.8, 4) is 0 Å². The molecule has 0 bridgehead atoms. The molecule has 0 radical (unpaired) electrons. The number of halogens is 2. The van der Waals surface area contributed by atoms with Crippen molar-refractivity contribution in [2.45, 2.75) is 13.8 Å². The first-order valence-electron chi connectivity index (χ1n) is 5.70. The fourth-order valence-electron chi connectivity index (χ4n) is 1.26. The zero-order valence-electron chi connectivity index (χ0n) is 11.0. The van der Waals surface area contributed by atoms with Crippen LogP contribution < -0.4 is 11.3 Å². The molecule has 3 N–H and O–H groups in total. The summed E-state index contributed by atoms with van der Waals surface area (Å²) >= 11 is 9.19. The normalized spacial score (nSPS) is 12.2. The van der Waals surface area contributed by atoms with Gasteiger partial charge >= 0.3 is 5.97 Å². The molecule has 0 amide bonds. The standard InChI is InChI=1S/C12H14BrClN4O2/c1-3-20-12(19)11(16-15)7(2)17-18-8-4-5-10(14)9(13)6-8/h4-6,18H,3,15H2,1-2H3. The molecule has 0 aliphatic rings. The highest BCUT2D eigenvalue weighted by Crippen LogP contribution is 2.25. The number of carbonyl (C=O) groups excluding carboxylic acids is 1. The van der Waals surface area contributed by atoms with Gasteiger partial charge in [0.15, 0.2) is 5.71 Å². The summed E-state index contributed by atoms with van der Waals surface area (Å²) in [4.78, 5) is 11.6. The predicted molar refractivity (Wildman–Crippen MR) is 84.1 cm³/mol. The second-order valence-electron chi connectivity index (χ2n) is 3.64. The summed E-state index contributed by atoms with van der Waals surface area (Å²) in [6, 6.07) is 5.21. The van der Waals surface area contributed by atoms with Crippen LogP contribution in [-0.2, 0) is 9.53 Å². The summed E-state index contributed by atoms with van der Waals surface area (Å²) in [5, 5.41) is 8.01. The predicted octanol–water partition coefficient (Wildman–Crippen LogP) is 2.77. The Balaban J connectivity index is 2.82. The van der Waals surface area contributed by atoms with Crippen LogP contribution in [0.4, 0.5) is 5.69 Å². The maximum atomic E-state index is 11.6. The molecule has 0 saturated heterocycles. The van der Waals surface area contributed by atoms with Crippen LogP contribution in [0.1, 0.15) is 13.8 Å². The molecule has 0 heterocycles. The molecule has 0 fully saturated rings. The summed E-state index contributed by atoms with van der Waals surface area (Å²) in [5.74, 6) is 4.56. The second-order valence-corrected chi connectivity index (χ2v) is 4.90. The number of nitrogens with two attached hydrogens (primary N) is 1. The van der Waals surface area contributed by atoms with Gasteiger partial charge in [0.25, 0.3) is 0 Å². The van der Waals surface area contributed by atoms with Gasteiger partial charge in [0.05, 0.1) is 23.0 Å². The van der Waals surface area contributed by atoms with E-state index in [1.54, 1.807) is 32.0 Å². The van der Waals surface area contributed by atoms with E-state index in [2.05, 4.69) is 31.6 Å². The molecule has 0 saturated carbocycles. The van der Waals surface area contributed by atoms with Gasteiger partial charge in [-0.25, -0.2) is 4.79 Å². The van der Waals surface area contributed by atoms with Gasteiger partial charge in [-0.15, -0.1) is 0 Å². The second kappa shape index (κ2) is 7.86. The molecule has 0 spiro atoms. The van der Waals surface area contributed by atoms with Gasteiger partial charge in [-0.3, -0.25) is 5.43 Å². The number of anilines is 1. The van der Waals surface area contributed by atoms with E-state index in [9.17, 15) is 4.79 Å². The Morgan fingerprint density at radius 3 is 2.80 bits per heavy atom. The summed E-state index contributed by atoms with van der Waals surface area (Å²) in [5.41, 5.74) is 3.76. The van der Waals surface area contributed by atoms with E-state index < -0.39 is 5.97 Å². The van der Waals surface area contributed by atoms with Crippen molar-refractivity contribution in [3.05, 3.63) is 27.7 Å². The average molecular weight is 362 g/mol. The molecule has 1 aromatic rings. The smallest absolute Gasteiger partial charge is 0.360 e. The van der Waals surface area contributed by atoms with E-state index in [1.165, 1.54) is 0 Å². The monoisotopic (exact) mass is 360 g/mol. The molecule has 8 heteroatoms. The maximum Gasteiger partial charge on any atom is 0.360 e. The number of nitrogens with zero attached hydrogens (tertiary/aromatic N) is 2. The van der Waals surface area contributed by atoms with E-state index in [0.29, 0.717) is 16.4 Å². The third kappa shape index (κ3) is 4.50. The van der Waals surface area contributed by atoms with Gasteiger partial charge < -0.3 is 10.6 Å². The van der Waals surface area contributed by atoms with Crippen LogP contribution >= 0.6 is 27.5 Å². The molecule has 1 aromatic carbocycles. The molecule has 0 aliphatic heterocycles. The molecule has 6 nitrogen and oxygen atoms in total. The Labute approximate surface area is 130 Å². The lowest BCUT2D eigenvalue weighted by atomic mass is 10.2. The van der Waals surface area contributed by atoms with E-state index in [1.807, 2.05) is 0 Å². The minimum Gasteiger partial charge on any atom is -0.461 e. The zero-order valence-corrected chi connectivity index (χ0v) is 13.3. The lowest BCUT2D eigenvalue weighted by molar-refractivity contribution is -0.134. The summed E-state index contributed by atoms with van der Waals surface area (Å²) in [7, 11) is 0. The van der Waals surface area contributed by atoms with Crippen LogP contribution in [0.3, 0.4) is 0 Å². The molecule has 20 heavy (non-hydrogen) atoms. The third-order valence-electron chi connectivity index (χ3n) is 2.21. The zero-order chi connectivity index (χ0) is 15.1. The van der Waals surface area contributed by atoms with Crippen molar-refractivity contribution < 1.29 is 9.53 Å². The van der Waals surface area contributed by atoms with E-state index >= 15 is 0 Å². The van der Waals surface area contributed by atoms with Crippen LogP contribution in [0.25, 0.3) is 0 Å². The maximum absolute atomic E-state index is 11.6. The number of carbonyl (C=O) groups is 1. The van der Waals surface area contributed by atoms with Gasteiger partial charge in [0, 0.05) is 4.47 Å². The molecule has 0 aliphatic carbocycles. The lowest BCUT2D eigenvalue weighted by Crippen LogP contribution is -2.26. The fourth-order valence-corrected chi connectivity index (χ4v) is 1.76. The molecular weight excluding hydrogens is 348 g/mol. The van der Waals surface area contributed by atoms with Gasteiger partial charge in [0.2, 0.25) is 0 Å². The minimum atomic E-state index is -0.615. The SMILES string of the molecule is CCOC(=O)C(=NN)C(C)=NNc1ccc(Cl)c(Br)c1. The summed E-state index contributed by atoms with van der Waals surface area (Å²) in [6.07, 6.45) is 0. The van der Waals surface area contributed by atoms with Crippen LogP contribution in [-0.4, -0.2) is 24.0 Å². The highest BCUT2D eigenvalue weighted by atomic mass is 79.9. The Bertz CT molecular complexity index is 560. The third-order valence-corrected chi connectivity index (χ3v) is 3.43. The number of ether oxygens (including phenoxy) is 1. The van der Waals surface area contributed by atoms with Crippen molar-refractivity contribution in [2.75, 3.05) is 12.0 Å². The largest absolute Gasteiger partial charge is 0.461 e. The van der Waals surface area contributed by atoms with E-state index in [4.69, 9.17) is 22.2 Å². The van der Waals surface area contributed by atoms with Gasteiger partial charge in [0.1, 0.15) is 0 Å². The van der Waals surface area contributed by atoms with Crippen molar-refractivity contribution in [2.24, 2.45) is 16.0 Å². The number of esters is 1. The molecule has 0 atom stereocenters. The highest BCUT2D eigenvalue weighted by molar-refractivity contribution is 9.10. The Morgan fingerprint density at radius 2 is 2.25 bits per heavy atom. The molecular formula is C12H14BrClN4O2. The molecule has 0 aromatic heterocycles. The lowest BCUT2D eigenvalue weighted by Gasteiger charge is -2.06. The van der Waals surface area contributed by atoms with Crippen molar-refractivity contribution >= 4 is 50.6 Å². The first-order valence-corrected chi connectivity index (χ1v) is 6.87. The minimum absolute atomic E-state index is 0.0348. The van der Waals surface area contributed by atoms with Crippen molar-refractivity contribution in [1.29, 1.82) is 0 Å². The van der Waals surface area contributed by atoms with Crippen LogP contribution in [0.5, 0.6) is 0 Å². The number of nitrogens with one attached hydrogen (secondary N) is 1. The van der Waals surface area contributed by atoms with Crippen molar-refractivity contribution in [3.63, 3.8) is 0 Å². The van der Waals surface area contributed by atoms with E-state index in [0.717, 1.165) is 4.47 Å². The Hall–Kier alpha value is -1.60. The van der Waals surface area contributed by atoms with Crippen LogP contribution in [0, 0.1) is 0 Å². The Morgan fingerprint density at radius 1 is 1.55 bits per heavy atom. The number of benzene rings is 1. The highest BCUT2D eigenvalue weighted by Gasteiger charge is 2.16. The Kier molecular flexibility index (Phi) is 6.47. The number of hydrazone groups is 2. The molecule has 0 unspecified atom stereocenters. The summed E-state index contributed by atoms with van der Waals surface area (Å²) < 4.78 is 5.55. The number of hydrogen-bond acceptors (Lipinski definition) is 6. The first-order chi connectivity index (χ1) is 9.49. The quantitative estimate of drug-likeness (QED) is 0.365. The fraction of sp³-hybridized carbons (Fsp3) is 0.250. The van der Waals surface area contributed by atoms with Gasteiger partial charge in [-0.05, 0) is 48.0 Å².